The highest BCUT2D eigenvalue weighted by molar-refractivity contribution is 7.91. The van der Waals surface area contributed by atoms with Crippen LogP contribution in [-0.4, -0.2) is 20.1 Å². The van der Waals surface area contributed by atoms with Crippen LogP contribution in [0.3, 0.4) is 0 Å². The molecule has 0 heterocycles. The molecule has 29 heavy (non-hydrogen) atoms. The number of benzene rings is 2. The molecule has 2 aromatic carbocycles. The molecule has 0 aromatic heterocycles. The van der Waals surface area contributed by atoms with Gasteiger partial charge < -0.3 is 5.32 Å². The molecule has 6 heteroatoms. The zero-order valence-corrected chi connectivity index (χ0v) is 17.2. The average molecular weight is 411 g/mol. The molecule has 1 atom stereocenters. The van der Waals surface area contributed by atoms with Crippen molar-refractivity contribution < 1.29 is 13.2 Å². The van der Waals surface area contributed by atoms with Crippen molar-refractivity contribution in [3.63, 3.8) is 0 Å². The minimum atomic E-state index is -3.61. The lowest BCUT2D eigenvalue weighted by Gasteiger charge is -2.31. The normalized spacial score (nSPS) is 16.0. The molecule has 1 N–H and O–H groups in total. The lowest BCUT2D eigenvalue weighted by molar-refractivity contribution is -0.119. The Morgan fingerprint density at radius 1 is 1.03 bits per heavy atom. The summed E-state index contributed by atoms with van der Waals surface area (Å²) in [7, 11) is -3.61. The maximum atomic E-state index is 12.6. The van der Waals surface area contributed by atoms with E-state index in [0.29, 0.717) is 17.0 Å². The lowest BCUT2D eigenvalue weighted by atomic mass is 9.81. The van der Waals surface area contributed by atoms with Gasteiger partial charge in [0.2, 0.25) is 5.91 Å². The van der Waals surface area contributed by atoms with E-state index in [9.17, 15) is 13.2 Å². The zero-order valence-electron chi connectivity index (χ0n) is 16.4. The van der Waals surface area contributed by atoms with Gasteiger partial charge in [-0.2, -0.15) is 5.26 Å². The maximum Gasteiger partial charge on any atom is 0.235 e. The van der Waals surface area contributed by atoms with E-state index in [1.807, 2.05) is 36.4 Å². The van der Waals surface area contributed by atoms with Crippen LogP contribution >= 0.6 is 0 Å². The molecular formula is C23H26N2O3S. The third-order valence-electron chi connectivity index (χ3n) is 5.42. The van der Waals surface area contributed by atoms with Gasteiger partial charge in [-0.05, 0) is 42.0 Å². The van der Waals surface area contributed by atoms with Gasteiger partial charge in [-0.25, -0.2) is 8.42 Å². The Balaban J connectivity index is 1.67. The van der Waals surface area contributed by atoms with E-state index in [2.05, 4.69) is 5.32 Å². The van der Waals surface area contributed by atoms with Gasteiger partial charge in [0, 0.05) is 0 Å². The number of sulfone groups is 1. The summed E-state index contributed by atoms with van der Waals surface area (Å²) in [5.74, 6) is -0.886. The van der Waals surface area contributed by atoms with Crippen LogP contribution in [0.25, 0.3) is 0 Å². The van der Waals surface area contributed by atoms with Gasteiger partial charge >= 0.3 is 0 Å². The van der Waals surface area contributed by atoms with Crippen molar-refractivity contribution >= 4 is 15.7 Å². The monoisotopic (exact) mass is 410 g/mol. The fourth-order valence-electron chi connectivity index (χ4n) is 4.00. The predicted octanol–water partition coefficient (Wildman–Crippen LogP) is 3.91. The van der Waals surface area contributed by atoms with Gasteiger partial charge in [0.15, 0.2) is 9.84 Å². The van der Waals surface area contributed by atoms with Crippen LogP contribution in [0.5, 0.6) is 0 Å². The second-order valence-electron chi connectivity index (χ2n) is 7.69. The van der Waals surface area contributed by atoms with E-state index in [1.54, 1.807) is 24.3 Å². The molecule has 152 valence electrons. The maximum absolute atomic E-state index is 12.6. The second kappa shape index (κ2) is 9.71. The molecule has 2 aromatic rings. The molecule has 0 bridgehead atoms. The SMILES string of the molecule is N#Cc1ccc(CS(=O)(=O)CC(=O)N[C@H](c2ccccc2)C2CCCCC2)cc1. The first kappa shape index (κ1) is 21.1. The van der Waals surface area contributed by atoms with Gasteiger partial charge in [0.05, 0.1) is 23.4 Å². The van der Waals surface area contributed by atoms with Crippen molar-refractivity contribution in [3.05, 3.63) is 71.3 Å². The fraction of sp³-hybridized carbons (Fsp3) is 0.391. The third kappa shape index (κ3) is 6.16. The Morgan fingerprint density at radius 3 is 2.31 bits per heavy atom. The number of rotatable bonds is 7. The number of hydrogen-bond donors (Lipinski definition) is 1. The Bertz CT molecular complexity index is 957. The van der Waals surface area contributed by atoms with E-state index in [4.69, 9.17) is 5.26 Å². The number of nitrogens with zero attached hydrogens (tertiary/aromatic N) is 1. The zero-order chi connectivity index (χ0) is 20.7. The highest BCUT2D eigenvalue weighted by Gasteiger charge is 2.28. The Kier molecular flexibility index (Phi) is 7.05. The summed E-state index contributed by atoms with van der Waals surface area (Å²) >= 11 is 0. The Hall–Kier alpha value is -2.65. The number of carbonyl (C=O) groups excluding carboxylic acids is 1. The van der Waals surface area contributed by atoms with Crippen LogP contribution in [-0.2, 0) is 20.4 Å². The summed E-state index contributed by atoms with van der Waals surface area (Å²) in [6, 6.07) is 18.0. The second-order valence-corrected chi connectivity index (χ2v) is 9.76. The molecule has 0 aliphatic heterocycles. The lowest BCUT2D eigenvalue weighted by Crippen LogP contribution is -2.38. The Labute approximate surface area is 172 Å². The molecule has 0 spiro atoms. The van der Waals surface area contributed by atoms with Crippen LogP contribution < -0.4 is 5.32 Å². The molecule has 1 aliphatic rings. The van der Waals surface area contributed by atoms with Gasteiger partial charge in [-0.1, -0.05) is 61.7 Å². The van der Waals surface area contributed by atoms with Gasteiger partial charge in [0.25, 0.3) is 0 Å². The topological polar surface area (TPSA) is 87.0 Å². The summed E-state index contributed by atoms with van der Waals surface area (Å²) in [5.41, 5.74) is 2.07. The predicted molar refractivity (Wildman–Crippen MR) is 113 cm³/mol. The first-order valence-electron chi connectivity index (χ1n) is 10.0. The van der Waals surface area contributed by atoms with Crippen molar-refractivity contribution in [2.24, 2.45) is 5.92 Å². The first-order valence-corrected chi connectivity index (χ1v) is 11.8. The fourth-order valence-corrected chi connectivity index (χ4v) is 5.28. The number of nitrogens with one attached hydrogen (secondary N) is 1. The van der Waals surface area contributed by atoms with Gasteiger partial charge in [0.1, 0.15) is 5.75 Å². The van der Waals surface area contributed by atoms with Gasteiger partial charge in [-0.15, -0.1) is 0 Å². The molecular weight excluding hydrogens is 384 g/mol. The number of carbonyl (C=O) groups is 1. The minimum absolute atomic E-state index is 0.158. The van der Waals surface area contributed by atoms with E-state index in [0.717, 1.165) is 31.2 Å². The molecule has 0 unspecified atom stereocenters. The first-order chi connectivity index (χ1) is 14.0. The van der Waals surface area contributed by atoms with E-state index < -0.39 is 21.5 Å². The van der Waals surface area contributed by atoms with Crippen LogP contribution in [0.4, 0.5) is 0 Å². The summed E-state index contributed by atoms with van der Waals surface area (Å²) in [6.07, 6.45) is 5.57. The van der Waals surface area contributed by atoms with Crippen LogP contribution in [0.15, 0.2) is 54.6 Å². The summed E-state index contributed by atoms with van der Waals surface area (Å²) in [6.45, 7) is 0. The number of amides is 1. The third-order valence-corrected chi connectivity index (χ3v) is 6.89. The molecule has 1 aliphatic carbocycles. The van der Waals surface area contributed by atoms with Crippen molar-refractivity contribution in [1.29, 1.82) is 5.26 Å². The van der Waals surface area contributed by atoms with Crippen molar-refractivity contribution in [1.82, 2.24) is 5.32 Å². The van der Waals surface area contributed by atoms with E-state index in [-0.39, 0.29) is 11.8 Å². The molecule has 1 amide bonds. The van der Waals surface area contributed by atoms with Crippen LogP contribution in [0.1, 0.15) is 54.8 Å². The quantitative estimate of drug-likeness (QED) is 0.750. The molecule has 5 nitrogen and oxygen atoms in total. The summed E-state index contributed by atoms with van der Waals surface area (Å²) < 4.78 is 25.1. The van der Waals surface area contributed by atoms with Crippen LogP contribution in [0, 0.1) is 17.2 Å². The van der Waals surface area contributed by atoms with E-state index >= 15 is 0 Å². The van der Waals surface area contributed by atoms with Crippen molar-refractivity contribution in [2.75, 3.05) is 5.75 Å². The highest BCUT2D eigenvalue weighted by atomic mass is 32.2. The molecule has 0 radical (unpaired) electrons. The largest absolute Gasteiger partial charge is 0.348 e. The molecule has 1 saturated carbocycles. The molecule has 0 saturated heterocycles. The van der Waals surface area contributed by atoms with Crippen molar-refractivity contribution in [3.8, 4) is 6.07 Å². The van der Waals surface area contributed by atoms with E-state index in [1.165, 1.54) is 6.42 Å². The molecule has 3 rings (SSSR count). The number of nitriles is 1. The van der Waals surface area contributed by atoms with Crippen molar-refractivity contribution in [2.45, 2.75) is 43.9 Å². The smallest absolute Gasteiger partial charge is 0.235 e. The standard InChI is InChI=1S/C23H26N2O3S/c24-15-18-11-13-19(14-12-18)16-29(27,28)17-22(26)25-23(20-7-3-1-4-8-20)21-9-5-2-6-10-21/h1,3-4,7-8,11-14,21,23H,2,5-6,9-10,16-17H2,(H,25,26)/t23-/m1/s1. The summed E-state index contributed by atoms with van der Waals surface area (Å²) in [5, 5.41) is 11.8. The minimum Gasteiger partial charge on any atom is -0.348 e. The average Bonchev–Trinajstić information content (AvgIpc) is 2.73. The Morgan fingerprint density at radius 2 is 1.69 bits per heavy atom. The number of hydrogen-bond acceptors (Lipinski definition) is 4. The molecule has 1 fully saturated rings. The highest BCUT2D eigenvalue weighted by Crippen LogP contribution is 2.34. The summed E-state index contributed by atoms with van der Waals surface area (Å²) in [4.78, 5) is 12.6. The van der Waals surface area contributed by atoms with Crippen LogP contribution in [0.2, 0.25) is 0 Å². The van der Waals surface area contributed by atoms with Gasteiger partial charge in [-0.3, -0.25) is 4.79 Å².